The highest BCUT2D eigenvalue weighted by atomic mass is 15.3. The fourth-order valence-electron chi connectivity index (χ4n) is 4.48. The molecule has 1 spiro atoms. The summed E-state index contributed by atoms with van der Waals surface area (Å²) in [6.07, 6.45) is 16.2. The number of aliphatic imine (C=N–C) groups is 1. The van der Waals surface area contributed by atoms with E-state index >= 15 is 0 Å². The zero-order valence-corrected chi connectivity index (χ0v) is 15.2. The zero-order chi connectivity index (χ0) is 16.7. The first-order valence-electron chi connectivity index (χ1n) is 9.74. The molecule has 0 radical (unpaired) electrons. The van der Waals surface area contributed by atoms with Crippen molar-refractivity contribution in [1.29, 1.82) is 0 Å². The highest BCUT2D eigenvalue weighted by Gasteiger charge is 2.36. The van der Waals surface area contributed by atoms with Crippen LogP contribution in [-0.4, -0.2) is 47.3 Å². The number of aryl methyl sites for hydroxylation is 1. The number of aromatic nitrogens is 2. The molecule has 5 heteroatoms. The van der Waals surface area contributed by atoms with Gasteiger partial charge in [0.05, 0.1) is 0 Å². The Morgan fingerprint density at radius 1 is 1.17 bits per heavy atom. The van der Waals surface area contributed by atoms with Crippen molar-refractivity contribution in [1.82, 2.24) is 20.0 Å². The van der Waals surface area contributed by atoms with Crippen LogP contribution in [0.3, 0.4) is 0 Å². The predicted molar refractivity (Wildman–Crippen MR) is 99.1 cm³/mol. The molecule has 0 amide bonds. The van der Waals surface area contributed by atoms with Crippen LogP contribution in [0, 0.1) is 5.41 Å². The van der Waals surface area contributed by atoms with E-state index in [-0.39, 0.29) is 0 Å². The number of likely N-dealkylation sites (tertiary alicyclic amines) is 1. The highest BCUT2D eigenvalue weighted by Crippen LogP contribution is 2.42. The number of guanidine groups is 1. The first-order valence-corrected chi connectivity index (χ1v) is 9.74. The van der Waals surface area contributed by atoms with Gasteiger partial charge in [-0.05, 0) is 43.6 Å². The number of hydrogen-bond donors (Lipinski definition) is 1. The van der Waals surface area contributed by atoms with E-state index in [0.717, 1.165) is 32.0 Å². The van der Waals surface area contributed by atoms with Crippen molar-refractivity contribution in [3.05, 3.63) is 18.5 Å². The lowest BCUT2D eigenvalue weighted by molar-refractivity contribution is 0.115. The minimum Gasteiger partial charge on any atom is -0.356 e. The lowest BCUT2D eigenvalue weighted by Gasteiger charge is -2.44. The molecule has 1 aromatic heterocycles. The number of hydrogen-bond acceptors (Lipinski definition) is 2. The van der Waals surface area contributed by atoms with Gasteiger partial charge in [0.1, 0.15) is 0 Å². The summed E-state index contributed by atoms with van der Waals surface area (Å²) < 4.78 is 1.99. The molecule has 0 aromatic carbocycles. The molecule has 1 aliphatic carbocycles. The van der Waals surface area contributed by atoms with Gasteiger partial charge in [-0.2, -0.15) is 5.10 Å². The predicted octanol–water partition coefficient (Wildman–Crippen LogP) is 3.29. The van der Waals surface area contributed by atoms with Gasteiger partial charge in [0.2, 0.25) is 0 Å². The van der Waals surface area contributed by atoms with Crippen molar-refractivity contribution < 1.29 is 0 Å². The fraction of sp³-hybridized carbons (Fsp3) is 0.789. The van der Waals surface area contributed by atoms with Crippen molar-refractivity contribution in [2.24, 2.45) is 10.4 Å². The first kappa shape index (κ1) is 17.3. The Morgan fingerprint density at radius 3 is 2.67 bits per heavy atom. The minimum absolute atomic E-state index is 0.557. The largest absolute Gasteiger partial charge is 0.356 e. The number of nitrogens with zero attached hydrogens (tertiary/aromatic N) is 4. The summed E-state index contributed by atoms with van der Waals surface area (Å²) in [7, 11) is 1.92. The molecule has 24 heavy (non-hydrogen) atoms. The smallest absolute Gasteiger partial charge is 0.193 e. The molecule has 2 aliphatic rings. The van der Waals surface area contributed by atoms with Crippen LogP contribution in [0.2, 0.25) is 0 Å². The molecule has 1 saturated heterocycles. The summed E-state index contributed by atoms with van der Waals surface area (Å²) >= 11 is 0. The van der Waals surface area contributed by atoms with Gasteiger partial charge in [0.15, 0.2) is 5.96 Å². The Morgan fingerprint density at radius 2 is 1.96 bits per heavy atom. The van der Waals surface area contributed by atoms with E-state index in [9.17, 15) is 0 Å². The van der Waals surface area contributed by atoms with Gasteiger partial charge in [-0.25, -0.2) is 0 Å². The van der Waals surface area contributed by atoms with Gasteiger partial charge in [-0.15, -0.1) is 0 Å². The summed E-state index contributed by atoms with van der Waals surface area (Å²) in [5, 5.41) is 7.83. The average Bonchev–Trinajstić information content (AvgIpc) is 3.02. The fourth-order valence-corrected chi connectivity index (χ4v) is 4.48. The Bertz CT molecular complexity index is 500. The van der Waals surface area contributed by atoms with Crippen LogP contribution >= 0.6 is 0 Å². The van der Waals surface area contributed by atoms with Crippen molar-refractivity contribution >= 4 is 5.96 Å². The standard InChI is InChI=1S/C19H33N5/c1-20-18(21-12-7-15-24-16-8-13-22-24)23-14-6-11-19(17-23)9-4-2-3-5-10-19/h8,13,16H,2-7,9-12,14-15,17H2,1H3,(H,20,21). The maximum atomic E-state index is 4.56. The van der Waals surface area contributed by atoms with Crippen molar-refractivity contribution in [3.8, 4) is 0 Å². The Labute approximate surface area is 146 Å². The number of piperidine rings is 1. The summed E-state index contributed by atoms with van der Waals surface area (Å²) in [6, 6.07) is 1.98. The van der Waals surface area contributed by atoms with E-state index in [4.69, 9.17) is 0 Å². The van der Waals surface area contributed by atoms with Gasteiger partial charge in [-0.1, -0.05) is 25.7 Å². The van der Waals surface area contributed by atoms with E-state index in [1.54, 1.807) is 0 Å². The van der Waals surface area contributed by atoms with E-state index in [0.29, 0.717) is 5.41 Å². The number of nitrogens with one attached hydrogen (secondary N) is 1. The third-order valence-corrected chi connectivity index (χ3v) is 5.74. The monoisotopic (exact) mass is 331 g/mol. The average molecular weight is 332 g/mol. The minimum atomic E-state index is 0.557. The maximum Gasteiger partial charge on any atom is 0.193 e. The van der Waals surface area contributed by atoms with Gasteiger partial charge in [0, 0.05) is 45.6 Å². The van der Waals surface area contributed by atoms with Crippen molar-refractivity contribution in [2.45, 2.75) is 64.3 Å². The van der Waals surface area contributed by atoms with Crippen molar-refractivity contribution in [3.63, 3.8) is 0 Å². The second-order valence-electron chi connectivity index (χ2n) is 7.54. The van der Waals surface area contributed by atoms with E-state index < -0.39 is 0 Å². The second kappa shape index (κ2) is 8.54. The molecular formula is C19H33N5. The molecule has 0 bridgehead atoms. The summed E-state index contributed by atoms with van der Waals surface area (Å²) in [5.74, 6) is 1.10. The van der Waals surface area contributed by atoms with Crippen LogP contribution < -0.4 is 5.32 Å². The SMILES string of the molecule is CN=C(NCCCn1cccn1)N1CCCC2(CCCCCC2)C1. The Hall–Kier alpha value is -1.52. The molecule has 2 fully saturated rings. The normalized spacial score (nSPS) is 21.7. The third kappa shape index (κ3) is 4.52. The van der Waals surface area contributed by atoms with Gasteiger partial charge in [-0.3, -0.25) is 9.67 Å². The quantitative estimate of drug-likeness (QED) is 0.523. The molecule has 1 saturated carbocycles. The second-order valence-corrected chi connectivity index (χ2v) is 7.54. The van der Waals surface area contributed by atoms with Gasteiger partial charge < -0.3 is 10.2 Å². The maximum absolute atomic E-state index is 4.56. The molecule has 5 nitrogen and oxygen atoms in total. The molecule has 3 rings (SSSR count). The third-order valence-electron chi connectivity index (χ3n) is 5.74. The zero-order valence-electron chi connectivity index (χ0n) is 15.2. The molecule has 0 atom stereocenters. The topological polar surface area (TPSA) is 45.5 Å². The van der Waals surface area contributed by atoms with Crippen LogP contribution in [0.15, 0.2) is 23.5 Å². The molecule has 2 heterocycles. The van der Waals surface area contributed by atoms with Crippen LogP contribution in [-0.2, 0) is 6.54 Å². The van der Waals surface area contributed by atoms with Crippen LogP contribution in [0.25, 0.3) is 0 Å². The molecule has 0 unspecified atom stereocenters. The van der Waals surface area contributed by atoms with E-state index in [1.807, 2.05) is 30.2 Å². The number of rotatable bonds is 4. The highest BCUT2D eigenvalue weighted by molar-refractivity contribution is 5.80. The Balaban J connectivity index is 1.49. The van der Waals surface area contributed by atoms with Gasteiger partial charge in [0.25, 0.3) is 0 Å². The molecule has 1 aromatic rings. The Kier molecular flexibility index (Phi) is 6.16. The lowest BCUT2D eigenvalue weighted by atomic mass is 9.74. The van der Waals surface area contributed by atoms with E-state index in [2.05, 4.69) is 20.3 Å². The molecular weight excluding hydrogens is 298 g/mol. The van der Waals surface area contributed by atoms with Gasteiger partial charge >= 0.3 is 0 Å². The van der Waals surface area contributed by atoms with Crippen LogP contribution in [0.4, 0.5) is 0 Å². The van der Waals surface area contributed by atoms with Crippen LogP contribution in [0.5, 0.6) is 0 Å². The summed E-state index contributed by atoms with van der Waals surface area (Å²) in [4.78, 5) is 7.07. The molecule has 134 valence electrons. The molecule has 1 aliphatic heterocycles. The van der Waals surface area contributed by atoms with Crippen molar-refractivity contribution in [2.75, 3.05) is 26.7 Å². The summed E-state index contributed by atoms with van der Waals surface area (Å²) in [5.41, 5.74) is 0.557. The summed E-state index contributed by atoms with van der Waals surface area (Å²) in [6.45, 7) is 4.27. The lowest BCUT2D eigenvalue weighted by Crippen LogP contribution is -2.50. The van der Waals surface area contributed by atoms with Crippen LogP contribution in [0.1, 0.15) is 57.8 Å². The molecule has 1 N–H and O–H groups in total. The first-order chi connectivity index (χ1) is 11.8. The van der Waals surface area contributed by atoms with E-state index in [1.165, 1.54) is 57.9 Å².